The topological polar surface area (TPSA) is 23.6 Å². The fraction of sp³-hybridized carbons (Fsp3) is 0.933. The first kappa shape index (κ1) is 15.3. The summed E-state index contributed by atoms with van der Waals surface area (Å²) in [6.45, 7) is 14.0. The van der Waals surface area contributed by atoms with Gasteiger partial charge in [0.15, 0.2) is 0 Å². The van der Waals surface area contributed by atoms with Crippen molar-refractivity contribution in [3.05, 3.63) is 0 Å². The Morgan fingerprint density at radius 2 is 1.74 bits per heavy atom. The van der Waals surface area contributed by atoms with Crippen LogP contribution in [0.3, 0.4) is 0 Å². The van der Waals surface area contributed by atoms with E-state index in [-0.39, 0.29) is 16.7 Å². The molecule has 0 bridgehead atoms. The van der Waals surface area contributed by atoms with E-state index in [0.717, 1.165) is 44.5 Å². The van der Waals surface area contributed by atoms with Gasteiger partial charge < -0.3 is 9.80 Å². The predicted molar refractivity (Wildman–Crippen MR) is 82.5 cm³/mol. The Balaban J connectivity index is 1.95. The number of halogens is 1. The maximum Gasteiger partial charge on any atom is 0.226 e. The lowest BCUT2D eigenvalue weighted by Gasteiger charge is -2.22. The van der Waals surface area contributed by atoms with Crippen molar-refractivity contribution in [3.63, 3.8) is 0 Å². The molecule has 0 N–H and O–H groups in total. The molecule has 110 valence electrons. The highest BCUT2D eigenvalue weighted by molar-refractivity contribution is 9.09. The average Bonchev–Trinajstić information content (AvgIpc) is 2.84. The van der Waals surface area contributed by atoms with Crippen LogP contribution in [0.25, 0.3) is 0 Å². The molecule has 1 amide bonds. The zero-order chi connectivity index (χ0) is 14.3. The Hall–Kier alpha value is -0.0900. The third-order valence-corrected chi connectivity index (χ3v) is 5.92. The lowest BCUT2D eigenvalue weighted by Crippen LogP contribution is -2.37. The van der Waals surface area contributed by atoms with Gasteiger partial charge in [0.25, 0.3) is 0 Å². The van der Waals surface area contributed by atoms with Gasteiger partial charge in [-0.15, -0.1) is 0 Å². The van der Waals surface area contributed by atoms with Crippen LogP contribution in [0.1, 0.15) is 34.1 Å². The first-order valence-electron chi connectivity index (χ1n) is 7.39. The fourth-order valence-corrected chi connectivity index (χ4v) is 4.03. The molecule has 1 aliphatic heterocycles. The van der Waals surface area contributed by atoms with Crippen LogP contribution < -0.4 is 0 Å². The monoisotopic (exact) mass is 330 g/mol. The molecule has 2 fully saturated rings. The van der Waals surface area contributed by atoms with Crippen molar-refractivity contribution in [2.45, 2.75) is 34.1 Å². The second-order valence-corrected chi connectivity index (χ2v) is 7.88. The Bertz CT molecular complexity index is 340. The first-order chi connectivity index (χ1) is 8.82. The van der Waals surface area contributed by atoms with E-state index in [9.17, 15) is 4.79 Å². The summed E-state index contributed by atoms with van der Waals surface area (Å²) in [5, 5.41) is 1.02. The molecule has 19 heavy (non-hydrogen) atoms. The van der Waals surface area contributed by atoms with E-state index in [2.05, 4.69) is 53.4 Å². The minimum atomic E-state index is 0.159. The van der Waals surface area contributed by atoms with Crippen molar-refractivity contribution >= 4 is 21.8 Å². The average molecular weight is 331 g/mol. The van der Waals surface area contributed by atoms with Gasteiger partial charge in [0.05, 0.1) is 0 Å². The molecule has 1 saturated heterocycles. The molecule has 0 unspecified atom stereocenters. The summed E-state index contributed by atoms with van der Waals surface area (Å²) in [5.74, 6) is 0.596. The molecule has 0 spiro atoms. The molecule has 0 atom stereocenters. The molecule has 0 aromatic heterocycles. The number of carbonyl (C=O) groups is 1. The van der Waals surface area contributed by atoms with Crippen LogP contribution in [0.4, 0.5) is 0 Å². The quantitative estimate of drug-likeness (QED) is 0.742. The highest BCUT2D eigenvalue weighted by Crippen LogP contribution is 2.68. The highest BCUT2D eigenvalue weighted by atomic mass is 79.9. The van der Waals surface area contributed by atoms with Crippen molar-refractivity contribution in [3.8, 4) is 0 Å². The van der Waals surface area contributed by atoms with Crippen molar-refractivity contribution in [2.75, 3.05) is 38.1 Å². The standard InChI is InChI=1S/C15H27BrN2O/c1-14(2)12(15(14,3)4)13(19)18-8-5-7-17(9-6-16)10-11-18/h12H,5-11H2,1-4H3. The predicted octanol–water partition coefficient (Wildman–Crippen LogP) is 2.60. The Morgan fingerprint density at radius 1 is 1.11 bits per heavy atom. The molecular formula is C15H27BrN2O. The first-order valence-corrected chi connectivity index (χ1v) is 8.51. The number of rotatable bonds is 3. The van der Waals surface area contributed by atoms with Gasteiger partial charge in [-0.05, 0) is 23.8 Å². The van der Waals surface area contributed by atoms with Crippen molar-refractivity contribution in [1.82, 2.24) is 9.80 Å². The highest BCUT2D eigenvalue weighted by Gasteiger charge is 2.68. The number of amides is 1. The third-order valence-electron chi connectivity index (χ3n) is 5.57. The molecular weight excluding hydrogens is 304 g/mol. The van der Waals surface area contributed by atoms with E-state index in [1.54, 1.807) is 0 Å². The normalized spacial score (nSPS) is 27.1. The summed E-state index contributed by atoms with van der Waals surface area (Å²) in [4.78, 5) is 17.3. The molecule has 2 aliphatic rings. The summed E-state index contributed by atoms with van der Waals surface area (Å²) in [6, 6.07) is 0. The van der Waals surface area contributed by atoms with Crippen molar-refractivity contribution < 1.29 is 4.79 Å². The number of nitrogens with zero attached hydrogens (tertiary/aromatic N) is 2. The van der Waals surface area contributed by atoms with Gasteiger partial charge in [-0.2, -0.15) is 0 Å². The van der Waals surface area contributed by atoms with E-state index in [4.69, 9.17) is 0 Å². The summed E-state index contributed by atoms with van der Waals surface area (Å²) in [6.07, 6.45) is 1.10. The van der Waals surface area contributed by atoms with Gasteiger partial charge in [0.1, 0.15) is 0 Å². The number of alkyl halides is 1. The molecule has 0 radical (unpaired) electrons. The van der Waals surface area contributed by atoms with Gasteiger partial charge in [-0.3, -0.25) is 4.79 Å². The molecule has 2 rings (SSSR count). The van der Waals surface area contributed by atoms with E-state index >= 15 is 0 Å². The molecule has 4 heteroatoms. The molecule has 0 aromatic rings. The number of hydrogen-bond donors (Lipinski definition) is 0. The Morgan fingerprint density at radius 3 is 2.26 bits per heavy atom. The molecule has 3 nitrogen and oxygen atoms in total. The van der Waals surface area contributed by atoms with Crippen LogP contribution in [0.2, 0.25) is 0 Å². The van der Waals surface area contributed by atoms with Crippen molar-refractivity contribution in [2.24, 2.45) is 16.7 Å². The van der Waals surface area contributed by atoms with Crippen LogP contribution in [0, 0.1) is 16.7 Å². The van der Waals surface area contributed by atoms with Crippen LogP contribution in [-0.2, 0) is 4.79 Å². The Labute approximate surface area is 125 Å². The summed E-state index contributed by atoms with van der Waals surface area (Å²) >= 11 is 3.50. The van der Waals surface area contributed by atoms with E-state index in [1.165, 1.54) is 0 Å². The van der Waals surface area contributed by atoms with E-state index < -0.39 is 0 Å². The summed E-state index contributed by atoms with van der Waals surface area (Å²) in [7, 11) is 0. The van der Waals surface area contributed by atoms with Gasteiger partial charge >= 0.3 is 0 Å². The zero-order valence-corrected chi connectivity index (χ0v) is 14.3. The lowest BCUT2D eigenvalue weighted by molar-refractivity contribution is -0.133. The maximum absolute atomic E-state index is 12.7. The zero-order valence-electron chi connectivity index (χ0n) is 12.7. The summed E-state index contributed by atoms with van der Waals surface area (Å²) in [5.41, 5.74) is 0.317. The van der Waals surface area contributed by atoms with E-state index in [0.29, 0.717) is 5.91 Å². The lowest BCUT2D eigenvalue weighted by atomic mass is 10.0. The van der Waals surface area contributed by atoms with Gasteiger partial charge in [0, 0.05) is 37.4 Å². The van der Waals surface area contributed by atoms with Crippen molar-refractivity contribution in [1.29, 1.82) is 0 Å². The Kier molecular flexibility index (Phi) is 4.32. The van der Waals surface area contributed by atoms with Gasteiger partial charge in [0.2, 0.25) is 5.91 Å². The largest absolute Gasteiger partial charge is 0.341 e. The molecule has 1 saturated carbocycles. The number of carbonyl (C=O) groups excluding carboxylic acids is 1. The second-order valence-electron chi connectivity index (χ2n) is 7.09. The maximum atomic E-state index is 12.7. The molecule has 0 aromatic carbocycles. The SMILES string of the molecule is CC1(C)C(C(=O)N2CCCN(CCBr)CC2)C1(C)C. The molecule has 1 aliphatic carbocycles. The van der Waals surface area contributed by atoms with Crippen LogP contribution in [-0.4, -0.2) is 53.8 Å². The van der Waals surface area contributed by atoms with Crippen LogP contribution in [0.15, 0.2) is 0 Å². The number of hydrogen-bond acceptors (Lipinski definition) is 2. The minimum absolute atomic E-state index is 0.159. The smallest absolute Gasteiger partial charge is 0.226 e. The fourth-order valence-electron chi connectivity index (χ4n) is 3.53. The summed E-state index contributed by atoms with van der Waals surface area (Å²) < 4.78 is 0. The third kappa shape index (κ3) is 2.71. The van der Waals surface area contributed by atoms with Crippen LogP contribution in [0.5, 0.6) is 0 Å². The second kappa shape index (κ2) is 5.36. The van der Waals surface area contributed by atoms with E-state index in [1.807, 2.05) is 0 Å². The van der Waals surface area contributed by atoms with Gasteiger partial charge in [-0.1, -0.05) is 43.6 Å². The van der Waals surface area contributed by atoms with Gasteiger partial charge in [-0.25, -0.2) is 0 Å². The minimum Gasteiger partial charge on any atom is -0.341 e. The van der Waals surface area contributed by atoms with Crippen LogP contribution >= 0.6 is 15.9 Å². The molecule has 1 heterocycles.